The minimum atomic E-state index is -0.449. The average molecular weight is 304 g/mol. The molecule has 0 saturated carbocycles. The number of hydrogen-bond donors (Lipinski definition) is 0. The second kappa shape index (κ2) is 5.89. The lowest BCUT2D eigenvalue weighted by Crippen LogP contribution is -2.37. The normalized spacial score (nSPS) is 25.3. The molecule has 0 aromatic heterocycles. The Bertz CT molecular complexity index is 512. The highest BCUT2D eigenvalue weighted by Gasteiger charge is 2.44. The van der Waals surface area contributed by atoms with Gasteiger partial charge in [0.25, 0.3) is 0 Å². The first-order valence-corrected chi connectivity index (χ1v) is 7.84. The Morgan fingerprint density at radius 2 is 1.95 bits per heavy atom. The molecule has 22 heavy (non-hydrogen) atoms. The van der Waals surface area contributed by atoms with Crippen LogP contribution < -0.4 is 0 Å². The summed E-state index contributed by atoms with van der Waals surface area (Å²) in [5, 5.41) is 2.01. The van der Waals surface area contributed by atoms with E-state index in [0.29, 0.717) is 19.0 Å². The summed E-state index contributed by atoms with van der Waals surface area (Å²) in [5.41, 5.74) is 0.793. The minimum absolute atomic E-state index is 0.0937. The fraction of sp³-hybridized carbons (Fsp3) is 0.588. The number of likely N-dealkylation sites (tertiary alicyclic amines) is 1. The number of benzene rings is 1. The third-order valence-corrected chi connectivity index (χ3v) is 3.96. The van der Waals surface area contributed by atoms with Crippen molar-refractivity contribution in [1.29, 1.82) is 0 Å². The predicted octanol–water partition coefficient (Wildman–Crippen LogP) is 2.67. The Morgan fingerprint density at radius 3 is 2.59 bits per heavy atom. The maximum Gasteiger partial charge on any atom is 0.410 e. The Kier molecular flexibility index (Phi) is 4.10. The first-order valence-electron chi connectivity index (χ1n) is 7.84. The molecule has 1 aromatic carbocycles. The average Bonchev–Trinajstić information content (AvgIpc) is 2.96. The number of fused-ring (bicyclic) bond motifs is 1. The van der Waals surface area contributed by atoms with E-state index in [1.807, 2.05) is 44.0 Å². The summed E-state index contributed by atoms with van der Waals surface area (Å²) in [7, 11) is 0. The van der Waals surface area contributed by atoms with E-state index in [9.17, 15) is 4.79 Å². The van der Waals surface area contributed by atoms with E-state index in [4.69, 9.17) is 9.57 Å². The number of amides is 1. The van der Waals surface area contributed by atoms with Crippen LogP contribution in [0.5, 0.6) is 0 Å². The number of rotatable bonds is 2. The second-order valence-corrected chi connectivity index (χ2v) is 7.10. The maximum absolute atomic E-state index is 12.1. The number of ether oxygens (including phenoxy) is 1. The van der Waals surface area contributed by atoms with E-state index in [1.165, 1.54) is 5.56 Å². The van der Waals surface area contributed by atoms with Gasteiger partial charge < -0.3 is 9.64 Å². The van der Waals surface area contributed by atoms with Crippen LogP contribution in [0.2, 0.25) is 0 Å². The van der Waals surface area contributed by atoms with Crippen molar-refractivity contribution in [1.82, 2.24) is 9.96 Å². The molecule has 2 atom stereocenters. The molecule has 2 fully saturated rings. The molecule has 0 bridgehead atoms. The molecule has 120 valence electrons. The Hall–Kier alpha value is -1.59. The molecule has 3 rings (SSSR count). The van der Waals surface area contributed by atoms with Gasteiger partial charge in [-0.3, -0.25) is 4.84 Å². The zero-order valence-electron chi connectivity index (χ0n) is 13.5. The van der Waals surface area contributed by atoms with Gasteiger partial charge in [0.15, 0.2) is 0 Å². The number of hydroxylamine groups is 2. The van der Waals surface area contributed by atoms with Gasteiger partial charge in [0.05, 0.1) is 6.54 Å². The maximum atomic E-state index is 12.1. The van der Waals surface area contributed by atoms with Gasteiger partial charge in [-0.05, 0) is 26.3 Å². The summed E-state index contributed by atoms with van der Waals surface area (Å²) in [6, 6.07) is 10.3. The number of carbonyl (C=O) groups excluding carboxylic acids is 1. The molecular formula is C17H24N2O3. The number of carbonyl (C=O) groups is 1. The fourth-order valence-corrected chi connectivity index (χ4v) is 3.00. The van der Waals surface area contributed by atoms with Crippen molar-refractivity contribution in [2.45, 2.75) is 39.0 Å². The molecule has 0 N–H and O–H groups in total. The van der Waals surface area contributed by atoms with Crippen LogP contribution in [0, 0.1) is 5.92 Å². The summed E-state index contributed by atoms with van der Waals surface area (Å²) >= 11 is 0. The number of hydrogen-bond acceptors (Lipinski definition) is 4. The third-order valence-electron chi connectivity index (χ3n) is 3.96. The standard InChI is InChI=1S/C17H24N2O3/c1-17(2,3)21-16(20)18-10-14-11-19(22-15(14)12-18)9-13-7-5-4-6-8-13/h4-8,14-15H,9-12H2,1-3H3. The molecule has 5 nitrogen and oxygen atoms in total. The van der Waals surface area contributed by atoms with Crippen LogP contribution >= 0.6 is 0 Å². The molecule has 2 saturated heterocycles. The quantitative estimate of drug-likeness (QED) is 0.842. The molecule has 2 heterocycles. The predicted molar refractivity (Wildman–Crippen MR) is 83.0 cm³/mol. The van der Waals surface area contributed by atoms with Gasteiger partial charge in [-0.1, -0.05) is 30.3 Å². The summed E-state index contributed by atoms with van der Waals surface area (Å²) in [6.07, 6.45) is -0.142. The van der Waals surface area contributed by atoms with Crippen molar-refractivity contribution >= 4 is 6.09 Å². The van der Waals surface area contributed by atoms with Gasteiger partial charge in [-0.25, -0.2) is 4.79 Å². The van der Waals surface area contributed by atoms with Crippen LogP contribution in [-0.4, -0.2) is 47.4 Å². The van der Waals surface area contributed by atoms with Crippen molar-refractivity contribution in [3.63, 3.8) is 0 Å². The van der Waals surface area contributed by atoms with E-state index in [0.717, 1.165) is 13.1 Å². The first kappa shape index (κ1) is 15.3. The first-order chi connectivity index (χ1) is 10.4. The van der Waals surface area contributed by atoms with E-state index in [-0.39, 0.29) is 12.2 Å². The summed E-state index contributed by atoms with van der Waals surface area (Å²) in [4.78, 5) is 19.8. The van der Waals surface area contributed by atoms with E-state index < -0.39 is 5.60 Å². The van der Waals surface area contributed by atoms with Gasteiger partial charge >= 0.3 is 6.09 Å². The van der Waals surface area contributed by atoms with Crippen LogP contribution in [0.1, 0.15) is 26.3 Å². The Balaban J connectivity index is 1.51. The Labute approximate surface area is 131 Å². The molecule has 1 amide bonds. The fourth-order valence-electron chi connectivity index (χ4n) is 3.00. The van der Waals surface area contributed by atoms with E-state index >= 15 is 0 Å². The van der Waals surface area contributed by atoms with Crippen molar-refractivity contribution in [2.24, 2.45) is 5.92 Å². The SMILES string of the molecule is CC(C)(C)OC(=O)N1CC2CN(Cc3ccccc3)OC2C1. The van der Waals surface area contributed by atoms with Crippen molar-refractivity contribution < 1.29 is 14.4 Å². The van der Waals surface area contributed by atoms with Crippen LogP contribution in [0.3, 0.4) is 0 Å². The highest BCUT2D eigenvalue weighted by Crippen LogP contribution is 2.30. The summed E-state index contributed by atoms with van der Waals surface area (Å²) < 4.78 is 5.43. The van der Waals surface area contributed by atoms with Crippen LogP contribution in [0.4, 0.5) is 4.79 Å². The molecular weight excluding hydrogens is 280 g/mol. The van der Waals surface area contributed by atoms with Gasteiger partial charge in [0.1, 0.15) is 11.7 Å². The van der Waals surface area contributed by atoms with Crippen LogP contribution in [0.25, 0.3) is 0 Å². The minimum Gasteiger partial charge on any atom is -0.444 e. The third kappa shape index (κ3) is 3.59. The molecule has 2 unspecified atom stereocenters. The van der Waals surface area contributed by atoms with Gasteiger partial charge in [0, 0.05) is 25.6 Å². The summed E-state index contributed by atoms with van der Waals surface area (Å²) in [5.74, 6) is 0.372. The smallest absolute Gasteiger partial charge is 0.410 e. The molecule has 2 aliphatic heterocycles. The van der Waals surface area contributed by atoms with E-state index in [2.05, 4.69) is 12.1 Å². The summed E-state index contributed by atoms with van der Waals surface area (Å²) in [6.45, 7) is 8.65. The zero-order chi connectivity index (χ0) is 15.7. The van der Waals surface area contributed by atoms with Gasteiger partial charge in [-0.2, -0.15) is 5.06 Å². The van der Waals surface area contributed by atoms with E-state index in [1.54, 1.807) is 4.90 Å². The molecule has 2 aliphatic rings. The van der Waals surface area contributed by atoms with Gasteiger partial charge in [-0.15, -0.1) is 0 Å². The molecule has 0 aliphatic carbocycles. The Morgan fingerprint density at radius 1 is 1.23 bits per heavy atom. The second-order valence-electron chi connectivity index (χ2n) is 7.10. The highest BCUT2D eigenvalue weighted by molar-refractivity contribution is 5.68. The lowest BCUT2D eigenvalue weighted by atomic mass is 10.1. The number of nitrogens with zero attached hydrogens (tertiary/aromatic N) is 2. The van der Waals surface area contributed by atoms with Crippen molar-refractivity contribution in [2.75, 3.05) is 19.6 Å². The van der Waals surface area contributed by atoms with Crippen LogP contribution in [-0.2, 0) is 16.1 Å². The largest absolute Gasteiger partial charge is 0.444 e. The van der Waals surface area contributed by atoms with Gasteiger partial charge in [0.2, 0.25) is 0 Å². The van der Waals surface area contributed by atoms with Crippen molar-refractivity contribution in [3.8, 4) is 0 Å². The lowest BCUT2D eigenvalue weighted by molar-refractivity contribution is -0.153. The van der Waals surface area contributed by atoms with Crippen molar-refractivity contribution in [3.05, 3.63) is 35.9 Å². The molecule has 5 heteroatoms. The molecule has 0 spiro atoms. The molecule has 1 aromatic rings. The topological polar surface area (TPSA) is 42.0 Å². The monoisotopic (exact) mass is 304 g/mol. The lowest BCUT2D eigenvalue weighted by Gasteiger charge is -2.25. The zero-order valence-corrected chi connectivity index (χ0v) is 13.5. The molecule has 0 radical (unpaired) electrons. The van der Waals surface area contributed by atoms with Crippen LogP contribution in [0.15, 0.2) is 30.3 Å². The highest BCUT2D eigenvalue weighted by atomic mass is 16.7.